The standard InChI is InChI=1S/C13H15F3O3/c1-12(2,3)10-7-9(19-13(14,15)16)5-4-8(10)6-11(17)18/h4-5,7H,6H2,1-3H3,(H,17,18). The van der Waals surface area contributed by atoms with E-state index in [4.69, 9.17) is 5.11 Å². The molecule has 0 aliphatic rings. The molecule has 0 bridgehead atoms. The van der Waals surface area contributed by atoms with Crippen molar-refractivity contribution in [2.45, 2.75) is 39.0 Å². The number of carboxylic acid groups (broad SMARTS) is 1. The summed E-state index contributed by atoms with van der Waals surface area (Å²) in [6.07, 6.45) is -5.00. The minimum absolute atomic E-state index is 0.237. The van der Waals surface area contributed by atoms with Crippen LogP contribution in [0.5, 0.6) is 5.75 Å². The lowest BCUT2D eigenvalue weighted by Crippen LogP contribution is -2.20. The van der Waals surface area contributed by atoms with Gasteiger partial charge < -0.3 is 9.84 Å². The van der Waals surface area contributed by atoms with E-state index in [2.05, 4.69) is 4.74 Å². The van der Waals surface area contributed by atoms with Crippen LogP contribution in [0.2, 0.25) is 0 Å². The molecule has 1 aromatic rings. The Hall–Kier alpha value is -1.72. The number of aliphatic carboxylic acids is 1. The molecule has 0 amide bonds. The number of benzene rings is 1. The first-order valence-electron chi connectivity index (χ1n) is 5.60. The van der Waals surface area contributed by atoms with Crippen LogP contribution in [-0.2, 0) is 16.6 Å². The average molecular weight is 276 g/mol. The normalized spacial score (nSPS) is 12.3. The molecule has 0 aliphatic carbocycles. The van der Waals surface area contributed by atoms with Crippen LogP contribution in [0.15, 0.2) is 18.2 Å². The van der Waals surface area contributed by atoms with E-state index in [-0.39, 0.29) is 12.2 Å². The second-order valence-corrected chi connectivity index (χ2v) is 5.19. The fourth-order valence-corrected chi connectivity index (χ4v) is 1.77. The Bertz CT molecular complexity index is 473. The molecule has 0 radical (unpaired) electrons. The zero-order valence-corrected chi connectivity index (χ0v) is 10.8. The van der Waals surface area contributed by atoms with Crippen LogP contribution in [0.3, 0.4) is 0 Å². The van der Waals surface area contributed by atoms with Gasteiger partial charge in [-0.25, -0.2) is 0 Å². The highest BCUT2D eigenvalue weighted by molar-refractivity contribution is 5.71. The van der Waals surface area contributed by atoms with Crippen molar-refractivity contribution >= 4 is 5.97 Å². The molecule has 0 atom stereocenters. The van der Waals surface area contributed by atoms with Crippen molar-refractivity contribution in [1.29, 1.82) is 0 Å². The molecule has 0 aliphatic heterocycles. The highest BCUT2D eigenvalue weighted by atomic mass is 19.4. The first kappa shape index (κ1) is 15.3. The Labute approximate surface area is 109 Å². The number of ether oxygens (including phenoxy) is 1. The molecule has 6 heteroatoms. The SMILES string of the molecule is CC(C)(C)c1cc(OC(F)(F)F)ccc1CC(=O)O. The van der Waals surface area contributed by atoms with Crippen molar-refractivity contribution in [2.24, 2.45) is 0 Å². The van der Waals surface area contributed by atoms with Gasteiger partial charge in [-0.3, -0.25) is 4.79 Å². The van der Waals surface area contributed by atoms with Crippen LogP contribution in [0, 0.1) is 0 Å². The summed E-state index contributed by atoms with van der Waals surface area (Å²) in [5.41, 5.74) is 0.529. The lowest BCUT2D eigenvalue weighted by atomic mass is 9.83. The van der Waals surface area contributed by atoms with Gasteiger partial charge in [0.1, 0.15) is 5.75 Å². The Morgan fingerprint density at radius 1 is 1.26 bits per heavy atom. The van der Waals surface area contributed by atoms with E-state index in [1.54, 1.807) is 20.8 Å². The van der Waals surface area contributed by atoms with Crippen LogP contribution < -0.4 is 4.74 Å². The molecule has 1 N–H and O–H groups in total. The first-order chi connectivity index (χ1) is 8.49. The second-order valence-electron chi connectivity index (χ2n) is 5.19. The average Bonchev–Trinajstić information content (AvgIpc) is 2.15. The van der Waals surface area contributed by atoms with E-state index in [1.165, 1.54) is 12.1 Å². The van der Waals surface area contributed by atoms with Gasteiger partial charge in [0, 0.05) is 0 Å². The van der Waals surface area contributed by atoms with Gasteiger partial charge in [-0.1, -0.05) is 26.8 Å². The molecule has 106 valence electrons. The number of hydrogen-bond donors (Lipinski definition) is 1. The topological polar surface area (TPSA) is 46.5 Å². The van der Waals surface area contributed by atoms with Gasteiger partial charge in [0.05, 0.1) is 6.42 Å². The molecule has 0 saturated carbocycles. The Kier molecular flexibility index (Phi) is 4.12. The first-order valence-corrected chi connectivity index (χ1v) is 5.60. The molecule has 1 rings (SSSR count). The van der Waals surface area contributed by atoms with Crippen LogP contribution in [0.25, 0.3) is 0 Å². The summed E-state index contributed by atoms with van der Waals surface area (Å²) in [5, 5.41) is 8.80. The molecule has 0 heterocycles. The molecule has 0 spiro atoms. The fraction of sp³-hybridized carbons (Fsp3) is 0.462. The van der Waals surface area contributed by atoms with E-state index < -0.39 is 17.7 Å². The zero-order chi connectivity index (χ0) is 14.8. The van der Waals surface area contributed by atoms with Crippen molar-refractivity contribution in [3.63, 3.8) is 0 Å². The summed E-state index contributed by atoms with van der Waals surface area (Å²) in [5.74, 6) is -1.37. The zero-order valence-electron chi connectivity index (χ0n) is 10.8. The third-order valence-corrected chi connectivity index (χ3v) is 2.46. The number of alkyl halides is 3. The van der Waals surface area contributed by atoms with Gasteiger partial charge in [-0.05, 0) is 28.7 Å². The number of carboxylic acids is 1. The monoisotopic (exact) mass is 276 g/mol. The van der Waals surface area contributed by atoms with Crippen LogP contribution in [0.1, 0.15) is 31.9 Å². The smallest absolute Gasteiger partial charge is 0.481 e. The summed E-state index contributed by atoms with van der Waals surface area (Å²) < 4.78 is 40.3. The summed E-state index contributed by atoms with van der Waals surface area (Å²) in [6.45, 7) is 5.39. The number of rotatable bonds is 3. The minimum Gasteiger partial charge on any atom is -0.481 e. The summed E-state index contributed by atoms with van der Waals surface area (Å²) in [7, 11) is 0. The van der Waals surface area contributed by atoms with Crippen molar-refractivity contribution in [2.75, 3.05) is 0 Å². The minimum atomic E-state index is -4.76. The van der Waals surface area contributed by atoms with Crippen molar-refractivity contribution < 1.29 is 27.8 Å². The summed E-state index contributed by atoms with van der Waals surface area (Å²) in [6, 6.07) is 3.72. The molecular weight excluding hydrogens is 261 g/mol. The highest BCUT2D eigenvalue weighted by Gasteiger charge is 2.32. The summed E-state index contributed by atoms with van der Waals surface area (Å²) >= 11 is 0. The van der Waals surface area contributed by atoms with Gasteiger partial charge in [-0.2, -0.15) is 0 Å². The van der Waals surface area contributed by atoms with E-state index in [0.717, 1.165) is 6.07 Å². The van der Waals surface area contributed by atoms with Crippen molar-refractivity contribution in [3.05, 3.63) is 29.3 Å². The quantitative estimate of drug-likeness (QED) is 0.919. The number of hydrogen-bond acceptors (Lipinski definition) is 2. The lowest BCUT2D eigenvalue weighted by Gasteiger charge is -2.23. The third kappa shape index (κ3) is 4.81. The third-order valence-electron chi connectivity index (χ3n) is 2.46. The number of halogens is 3. The molecule has 0 unspecified atom stereocenters. The highest BCUT2D eigenvalue weighted by Crippen LogP contribution is 2.32. The Morgan fingerprint density at radius 2 is 1.84 bits per heavy atom. The lowest BCUT2D eigenvalue weighted by molar-refractivity contribution is -0.274. The largest absolute Gasteiger partial charge is 0.573 e. The Morgan fingerprint density at radius 3 is 2.26 bits per heavy atom. The van der Waals surface area contributed by atoms with Crippen LogP contribution in [-0.4, -0.2) is 17.4 Å². The molecule has 0 aromatic heterocycles. The van der Waals surface area contributed by atoms with Gasteiger partial charge >= 0.3 is 12.3 Å². The predicted molar refractivity (Wildman–Crippen MR) is 63.2 cm³/mol. The number of carbonyl (C=O) groups is 1. The predicted octanol–water partition coefficient (Wildman–Crippen LogP) is 3.51. The van der Waals surface area contributed by atoms with Gasteiger partial charge in [-0.15, -0.1) is 13.2 Å². The molecule has 3 nitrogen and oxygen atoms in total. The molecule has 19 heavy (non-hydrogen) atoms. The van der Waals surface area contributed by atoms with E-state index >= 15 is 0 Å². The van der Waals surface area contributed by atoms with Gasteiger partial charge in [0.2, 0.25) is 0 Å². The molecule has 1 aromatic carbocycles. The maximum absolute atomic E-state index is 12.2. The fourth-order valence-electron chi connectivity index (χ4n) is 1.77. The molecule has 0 fully saturated rings. The van der Waals surface area contributed by atoms with Crippen LogP contribution in [0.4, 0.5) is 13.2 Å². The molecular formula is C13H15F3O3. The second kappa shape index (κ2) is 5.11. The maximum Gasteiger partial charge on any atom is 0.573 e. The van der Waals surface area contributed by atoms with E-state index in [1.807, 2.05) is 0 Å². The van der Waals surface area contributed by atoms with Crippen molar-refractivity contribution in [1.82, 2.24) is 0 Å². The van der Waals surface area contributed by atoms with Crippen LogP contribution >= 0.6 is 0 Å². The van der Waals surface area contributed by atoms with E-state index in [9.17, 15) is 18.0 Å². The van der Waals surface area contributed by atoms with Gasteiger partial charge in [0.15, 0.2) is 0 Å². The Balaban J connectivity index is 3.19. The molecule has 0 saturated heterocycles. The van der Waals surface area contributed by atoms with Crippen molar-refractivity contribution in [3.8, 4) is 5.75 Å². The summed E-state index contributed by atoms with van der Waals surface area (Å²) in [4.78, 5) is 10.8. The van der Waals surface area contributed by atoms with Gasteiger partial charge in [0.25, 0.3) is 0 Å². The van der Waals surface area contributed by atoms with E-state index in [0.29, 0.717) is 11.1 Å². The maximum atomic E-state index is 12.2.